The maximum absolute atomic E-state index is 10.8. The fourth-order valence-corrected chi connectivity index (χ4v) is 1.47. The Labute approximate surface area is 73.7 Å². The summed E-state index contributed by atoms with van der Waals surface area (Å²) < 4.78 is 4.57. The van der Waals surface area contributed by atoms with Gasteiger partial charge in [-0.1, -0.05) is 6.42 Å². The number of carbonyl (C=O) groups excluding carboxylic acids is 1. The van der Waals surface area contributed by atoms with Crippen LogP contribution in [0, 0.1) is 5.92 Å². The molecule has 0 unspecified atom stereocenters. The molecule has 1 fully saturated rings. The molecule has 0 saturated heterocycles. The molecule has 1 rings (SSSR count). The highest BCUT2D eigenvalue weighted by Crippen LogP contribution is 2.26. The Balaban J connectivity index is 2.10. The summed E-state index contributed by atoms with van der Waals surface area (Å²) in [7, 11) is 3.40. The number of hydrogen-bond acceptors (Lipinski definition) is 3. The highest BCUT2D eigenvalue weighted by atomic mass is 16.5. The van der Waals surface area contributed by atoms with Crippen LogP contribution in [0.5, 0.6) is 0 Å². The fraction of sp³-hybridized carbons (Fsp3) is 0.889. The molecular weight excluding hydrogens is 154 g/mol. The fourth-order valence-electron chi connectivity index (χ4n) is 1.47. The van der Waals surface area contributed by atoms with Crippen molar-refractivity contribution in [1.82, 2.24) is 4.90 Å². The van der Waals surface area contributed by atoms with Gasteiger partial charge in [0, 0.05) is 6.54 Å². The van der Waals surface area contributed by atoms with Gasteiger partial charge in [-0.15, -0.1) is 0 Å². The molecule has 0 bridgehead atoms. The van der Waals surface area contributed by atoms with Crippen LogP contribution in [0.2, 0.25) is 0 Å². The zero-order valence-electron chi connectivity index (χ0n) is 7.88. The summed E-state index contributed by atoms with van der Waals surface area (Å²) in [6.07, 6.45) is 4.01. The summed E-state index contributed by atoms with van der Waals surface area (Å²) in [5.74, 6) is 0.677. The SMILES string of the molecule is COC(=O)CN(C)CC1CCC1. The third kappa shape index (κ3) is 2.81. The van der Waals surface area contributed by atoms with Crippen LogP contribution in [0.15, 0.2) is 0 Å². The number of hydrogen-bond donors (Lipinski definition) is 0. The van der Waals surface area contributed by atoms with Crippen LogP contribution in [0.1, 0.15) is 19.3 Å². The molecule has 0 aromatic rings. The number of methoxy groups -OCH3 is 1. The Hall–Kier alpha value is -0.570. The highest BCUT2D eigenvalue weighted by Gasteiger charge is 2.19. The summed E-state index contributed by atoms with van der Waals surface area (Å²) in [5, 5.41) is 0. The first-order chi connectivity index (χ1) is 5.72. The van der Waals surface area contributed by atoms with Crippen LogP contribution in [0.3, 0.4) is 0 Å². The van der Waals surface area contributed by atoms with Gasteiger partial charge in [0.2, 0.25) is 0 Å². The number of rotatable bonds is 4. The van der Waals surface area contributed by atoms with Crippen molar-refractivity contribution in [2.24, 2.45) is 5.92 Å². The van der Waals surface area contributed by atoms with E-state index in [0.29, 0.717) is 6.54 Å². The van der Waals surface area contributed by atoms with E-state index in [4.69, 9.17) is 0 Å². The lowest BCUT2D eigenvalue weighted by molar-refractivity contribution is -0.141. The second-order valence-electron chi connectivity index (χ2n) is 3.57. The molecular formula is C9H17NO2. The predicted molar refractivity (Wildman–Crippen MR) is 46.9 cm³/mol. The van der Waals surface area contributed by atoms with Crippen molar-refractivity contribution in [3.63, 3.8) is 0 Å². The van der Waals surface area contributed by atoms with Crippen LogP contribution in [-0.2, 0) is 9.53 Å². The van der Waals surface area contributed by atoms with Gasteiger partial charge in [-0.2, -0.15) is 0 Å². The first-order valence-electron chi connectivity index (χ1n) is 4.47. The summed E-state index contributed by atoms with van der Waals surface area (Å²) >= 11 is 0. The van der Waals surface area contributed by atoms with Crippen LogP contribution in [0.25, 0.3) is 0 Å². The Morgan fingerprint density at radius 2 is 2.25 bits per heavy atom. The quantitative estimate of drug-likeness (QED) is 0.588. The lowest BCUT2D eigenvalue weighted by atomic mass is 9.85. The van der Waals surface area contributed by atoms with Crippen LogP contribution in [-0.4, -0.2) is 38.1 Å². The number of esters is 1. The van der Waals surface area contributed by atoms with E-state index in [1.807, 2.05) is 11.9 Å². The van der Waals surface area contributed by atoms with Crippen molar-refractivity contribution in [1.29, 1.82) is 0 Å². The zero-order chi connectivity index (χ0) is 8.97. The van der Waals surface area contributed by atoms with E-state index in [0.717, 1.165) is 12.5 Å². The van der Waals surface area contributed by atoms with E-state index in [-0.39, 0.29) is 5.97 Å². The second-order valence-corrected chi connectivity index (χ2v) is 3.57. The molecule has 1 aliphatic carbocycles. The minimum atomic E-state index is -0.142. The topological polar surface area (TPSA) is 29.5 Å². The van der Waals surface area contributed by atoms with Crippen LogP contribution >= 0.6 is 0 Å². The van der Waals surface area contributed by atoms with E-state index in [1.54, 1.807) is 0 Å². The van der Waals surface area contributed by atoms with Crippen molar-refractivity contribution in [3.05, 3.63) is 0 Å². The van der Waals surface area contributed by atoms with Gasteiger partial charge >= 0.3 is 5.97 Å². The van der Waals surface area contributed by atoms with Gasteiger partial charge in [-0.25, -0.2) is 0 Å². The van der Waals surface area contributed by atoms with Crippen molar-refractivity contribution in [2.45, 2.75) is 19.3 Å². The minimum Gasteiger partial charge on any atom is -0.468 e. The van der Waals surface area contributed by atoms with E-state index < -0.39 is 0 Å². The standard InChI is InChI=1S/C9H17NO2/c1-10(7-9(11)12-2)6-8-4-3-5-8/h8H,3-7H2,1-2H3. The molecule has 3 heteroatoms. The Kier molecular flexibility index (Phi) is 3.53. The van der Waals surface area contributed by atoms with Gasteiger partial charge in [0.1, 0.15) is 0 Å². The molecule has 0 atom stereocenters. The van der Waals surface area contributed by atoms with E-state index in [9.17, 15) is 4.79 Å². The van der Waals surface area contributed by atoms with Crippen molar-refractivity contribution >= 4 is 5.97 Å². The molecule has 0 aromatic heterocycles. The molecule has 0 radical (unpaired) electrons. The molecule has 1 saturated carbocycles. The molecule has 12 heavy (non-hydrogen) atoms. The molecule has 1 aliphatic rings. The molecule has 0 aliphatic heterocycles. The van der Waals surface area contributed by atoms with E-state index in [1.165, 1.54) is 26.4 Å². The average molecular weight is 171 g/mol. The van der Waals surface area contributed by atoms with Crippen molar-refractivity contribution in [2.75, 3.05) is 27.2 Å². The molecule has 70 valence electrons. The van der Waals surface area contributed by atoms with Gasteiger partial charge in [0.25, 0.3) is 0 Å². The van der Waals surface area contributed by atoms with Gasteiger partial charge in [0.05, 0.1) is 13.7 Å². The van der Waals surface area contributed by atoms with Gasteiger partial charge in [-0.3, -0.25) is 9.69 Å². The summed E-state index contributed by atoms with van der Waals surface area (Å²) in [6.45, 7) is 1.46. The molecule has 3 nitrogen and oxygen atoms in total. The smallest absolute Gasteiger partial charge is 0.319 e. The highest BCUT2D eigenvalue weighted by molar-refractivity contribution is 5.71. The van der Waals surface area contributed by atoms with Crippen molar-refractivity contribution < 1.29 is 9.53 Å². The lowest BCUT2D eigenvalue weighted by Crippen LogP contribution is -2.33. The third-order valence-corrected chi connectivity index (χ3v) is 2.42. The normalized spacial score (nSPS) is 17.6. The number of nitrogens with zero attached hydrogens (tertiary/aromatic N) is 1. The minimum absolute atomic E-state index is 0.142. The molecule has 0 spiro atoms. The first-order valence-corrected chi connectivity index (χ1v) is 4.47. The number of ether oxygens (including phenoxy) is 1. The molecule has 0 aromatic carbocycles. The third-order valence-electron chi connectivity index (χ3n) is 2.42. The second kappa shape index (κ2) is 4.45. The largest absolute Gasteiger partial charge is 0.468 e. The first kappa shape index (κ1) is 9.52. The summed E-state index contributed by atoms with van der Waals surface area (Å²) in [4.78, 5) is 12.9. The average Bonchev–Trinajstić information content (AvgIpc) is 1.97. The van der Waals surface area contributed by atoms with Gasteiger partial charge < -0.3 is 4.74 Å². The lowest BCUT2D eigenvalue weighted by Gasteiger charge is -2.29. The van der Waals surface area contributed by atoms with E-state index >= 15 is 0 Å². The number of carbonyl (C=O) groups is 1. The summed E-state index contributed by atoms with van der Waals surface area (Å²) in [5.41, 5.74) is 0. The molecule has 0 amide bonds. The molecule has 0 heterocycles. The monoisotopic (exact) mass is 171 g/mol. The predicted octanol–water partition coefficient (Wildman–Crippen LogP) is 0.891. The van der Waals surface area contributed by atoms with Gasteiger partial charge in [-0.05, 0) is 25.8 Å². The number of likely N-dealkylation sites (N-methyl/N-ethyl adjacent to an activating group) is 1. The zero-order valence-corrected chi connectivity index (χ0v) is 7.88. The maximum Gasteiger partial charge on any atom is 0.319 e. The van der Waals surface area contributed by atoms with Gasteiger partial charge in [0.15, 0.2) is 0 Å². The Morgan fingerprint density at radius 3 is 2.67 bits per heavy atom. The Bertz CT molecular complexity index is 155. The van der Waals surface area contributed by atoms with Crippen molar-refractivity contribution in [3.8, 4) is 0 Å². The van der Waals surface area contributed by atoms with E-state index in [2.05, 4.69) is 4.74 Å². The maximum atomic E-state index is 10.8. The Morgan fingerprint density at radius 1 is 1.58 bits per heavy atom. The summed E-state index contributed by atoms with van der Waals surface area (Å²) in [6, 6.07) is 0. The van der Waals surface area contributed by atoms with Crippen LogP contribution < -0.4 is 0 Å². The van der Waals surface area contributed by atoms with Crippen LogP contribution in [0.4, 0.5) is 0 Å². The molecule has 0 N–H and O–H groups in total.